The fourth-order valence-corrected chi connectivity index (χ4v) is 2.17. The van der Waals surface area contributed by atoms with Crippen LogP contribution in [0.25, 0.3) is 0 Å². The molecule has 0 aliphatic rings. The smallest absolute Gasteiger partial charge is 0.252 e. The first-order chi connectivity index (χ1) is 9.40. The maximum Gasteiger partial charge on any atom is 0.252 e. The van der Waals surface area contributed by atoms with Crippen molar-refractivity contribution in [2.75, 3.05) is 11.1 Å². The molecule has 0 fully saturated rings. The average Bonchev–Trinajstić information content (AvgIpc) is 2.71. The van der Waals surface area contributed by atoms with E-state index in [4.69, 9.17) is 16.0 Å². The average molecular weight is 275 g/mol. The van der Waals surface area contributed by atoms with Crippen molar-refractivity contribution >= 4 is 17.4 Å². The van der Waals surface area contributed by atoms with Crippen LogP contribution >= 0.6 is 0 Å². The molecule has 20 heavy (non-hydrogen) atoms. The lowest BCUT2D eigenvalue weighted by atomic mass is 10.1. The fraction of sp³-hybridized carbons (Fsp3) is 0.308. The highest BCUT2D eigenvalue weighted by Crippen LogP contribution is 2.26. The molecule has 1 unspecified atom stereocenters. The van der Waals surface area contributed by atoms with Gasteiger partial charge >= 0.3 is 0 Å². The van der Waals surface area contributed by atoms with Crippen molar-refractivity contribution in [3.8, 4) is 0 Å². The summed E-state index contributed by atoms with van der Waals surface area (Å²) in [4.78, 5) is 15.6. The first kappa shape index (κ1) is 13.9. The molecular weight excluding hydrogens is 258 g/mol. The molecule has 0 bridgehead atoms. The van der Waals surface area contributed by atoms with Crippen molar-refractivity contribution in [3.05, 3.63) is 34.8 Å². The molecule has 1 amide bonds. The van der Waals surface area contributed by atoms with Gasteiger partial charge in [0.05, 0.1) is 29.2 Å². The Kier molecular flexibility index (Phi) is 3.60. The quantitative estimate of drug-likeness (QED) is 0.778. The van der Waals surface area contributed by atoms with Gasteiger partial charge in [0.25, 0.3) is 5.91 Å². The van der Waals surface area contributed by atoms with Gasteiger partial charge in [-0.3, -0.25) is 4.79 Å². The number of carbonyl (C=O) groups is 1. The van der Waals surface area contributed by atoms with Crippen molar-refractivity contribution < 1.29 is 9.32 Å². The van der Waals surface area contributed by atoms with E-state index in [1.54, 1.807) is 0 Å². The zero-order chi connectivity index (χ0) is 14.9. The Bertz CT molecular complexity index is 631. The molecule has 7 heteroatoms. The van der Waals surface area contributed by atoms with E-state index in [1.807, 2.05) is 20.8 Å². The summed E-state index contributed by atoms with van der Waals surface area (Å²) in [6.07, 6.45) is 1.47. The Labute approximate surface area is 116 Å². The highest BCUT2D eigenvalue weighted by molar-refractivity contribution is 5.98. The van der Waals surface area contributed by atoms with Crippen molar-refractivity contribution in [2.24, 2.45) is 5.73 Å². The summed E-state index contributed by atoms with van der Waals surface area (Å²) >= 11 is 0. The van der Waals surface area contributed by atoms with Gasteiger partial charge in [0.2, 0.25) is 0 Å². The number of nitrogen functional groups attached to an aromatic ring is 1. The van der Waals surface area contributed by atoms with E-state index in [0.29, 0.717) is 11.5 Å². The zero-order valence-electron chi connectivity index (χ0n) is 11.6. The second-order valence-corrected chi connectivity index (χ2v) is 4.63. The van der Waals surface area contributed by atoms with Gasteiger partial charge in [0.1, 0.15) is 11.6 Å². The first-order valence-electron chi connectivity index (χ1n) is 6.14. The standard InChI is InChI=1S/C13H17N5O2/c1-6(11-7(2)18-20-8(11)3)17-13-10(12(15)19)4-9(14)5-16-13/h4-6H,14H2,1-3H3,(H2,15,19)(H,16,17). The molecule has 0 spiro atoms. The zero-order valence-corrected chi connectivity index (χ0v) is 11.6. The second kappa shape index (κ2) is 5.20. The number of pyridine rings is 1. The summed E-state index contributed by atoms with van der Waals surface area (Å²) < 4.78 is 5.13. The predicted octanol–water partition coefficient (Wildman–Crippen LogP) is 1.54. The molecule has 5 N–H and O–H groups in total. The summed E-state index contributed by atoms with van der Waals surface area (Å²) in [5.41, 5.74) is 13.3. The lowest BCUT2D eigenvalue weighted by Crippen LogP contribution is -2.18. The number of aryl methyl sites for hydroxylation is 2. The van der Waals surface area contributed by atoms with Gasteiger partial charge in [0, 0.05) is 5.56 Å². The Morgan fingerprint density at radius 2 is 2.15 bits per heavy atom. The van der Waals surface area contributed by atoms with Crippen LogP contribution in [0.5, 0.6) is 0 Å². The molecule has 106 valence electrons. The van der Waals surface area contributed by atoms with Gasteiger partial charge in [-0.2, -0.15) is 0 Å². The first-order valence-corrected chi connectivity index (χ1v) is 6.14. The third-order valence-electron chi connectivity index (χ3n) is 3.05. The molecule has 2 aromatic rings. The summed E-state index contributed by atoms with van der Waals surface area (Å²) in [7, 11) is 0. The van der Waals surface area contributed by atoms with Gasteiger partial charge < -0.3 is 21.3 Å². The summed E-state index contributed by atoms with van der Waals surface area (Å²) in [6, 6.07) is 1.37. The van der Waals surface area contributed by atoms with Gasteiger partial charge in [0.15, 0.2) is 0 Å². The molecule has 0 aliphatic carbocycles. The third-order valence-corrected chi connectivity index (χ3v) is 3.05. The van der Waals surface area contributed by atoms with Crippen molar-refractivity contribution in [2.45, 2.75) is 26.8 Å². The molecule has 0 aromatic carbocycles. The maximum absolute atomic E-state index is 11.4. The van der Waals surface area contributed by atoms with Crippen LogP contribution in [0.3, 0.4) is 0 Å². The monoisotopic (exact) mass is 275 g/mol. The SMILES string of the molecule is Cc1noc(C)c1C(C)Nc1ncc(N)cc1C(N)=O. The molecule has 2 heterocycles. The van der Waals surface area contributed by atoms with Crippen LogP contribution in [0.4, 0.5) is 11.5 Å². The minimum absolute atomic E-state index is 0.129. The van der Waals surface area contributed by atoms with E-state index in [9.17, 15) is 4.79 Å². The number of nitrogens with two attached hydrogens (primary N) is 2. The highest BCUT2D eigenvalue weighted by atomic mass is 16.5. The number of anilines is 2. The number of primary amides is 1. The van der Waals surface area contributed by atoms with Crippen LogP contribution in [-0.2, 0) is 0 Å². The van der Waals surface area contributed by atoms with Gasteiger partial charge in [-0.15, -0.1) is 0 Å². The molecule has 2 rings (SSSR count). The van der Waals surface area contributed by atoms with Crippen LogP contribution in [-0.4, -0.2) is 16.0 Å². The largest absolute Gasteiger partial charge is 0.397 e. The van der Waals surface area contributed by atoms with E-state index in [1.165, 1.54) is 12.3 Å². The lowest BCUT2D eigenvalue weighted by Gasteiger charge is -2.16. The molecule has 2 aromatic heterocycles. The lowest BCUT2D eigenvalue weighted by molar-refractivity contribution is 0.100. The number of nitrogens with zero attached hydrogens (tertiary/aromatic N) is 2. The third kappa shape index (κ3) is 2.56. The van der Waals surface area contributed by atoms with Crippen LogP contribution in [0.1, 0.15) is 40.3 Å². The summed E-state index contributed by atoms with van der Waals surface area (Å²) in [5.74, 6) is 0.524. The number of amides is 1. The van der Waals surface area contributed by atoms with E-state index >= 15 is 0 Å². The molecule has 0 saturated heterocycles. The summed E-state index contributed by atoms with van der Waals surface area (Å²) in [5, 5.41) is 7.04. The fourth-order valence-electron chi connectivity index (χ4n) is 2.17. The van der Waals surface area contributed by atoms with Gasteiger partial charge in [-0.1, -0.05) is 5.16 Å². The normalized spacial score (nSPS) is 12.2. The molecule has 0 aliphatic heterocycles. The number of rotatable bonds is 4. The predicted molar refractivity (Wildman–Crippen MR) is 75.2 cm³/mol. The number of nitrogens with one attached hydrogen (secondary N) is 1. The van der Waals surface area contributed by atoms with Gasteiger partial charge in [-0.25, -0.2) is 4.98 Å². The van der Waals surface area contributed by atoms with E-state index < -0.39 is 5.91 Å². The van der Waals surface area contributed by atoms with E-state index in [2.05, 4.69) is 15.5 Å². The summed E-state index contributed by atoms with van der Waals surface area (Å²) in [6.45, 7) is 5.61. The molecule has 7 nitrogen and oxygen atoms in total. The minimum atomic E-state index is -0.585. The second-order valence-electron chi connectivity index (χ2n) is 4.63. The van der Waals surface area contributed by atoms with E-state index in [-0.39, 0.29) is 11.6 Å². The van der Waals surface area contributed by atoms with Crippen LogP contribution in [0.15, 0.2) is 16.8 Å². The molecule has 0 saturated carbocycles. The van der Waals surface area contributed by atoms with Gasteiger partial charge in [-0.05, 0) is 26.8 Å². The number of aromatic nitrogens is 2. The maximum atomic E-state index is 11.4. The Balaban J connectivity index is 2.33. The topological polar surface area (TPSA) is 120 Å². The Morgan fingerprint density at radius 3 is 2.70 bits per heavy atom. The van der Waals surface area contributed by atoms with Crippen LogP contribution in [0.2, 0.25) is 0 Å². The van der Waals surface area contributed by atoms with Crippen LogP contribution in [0, 0.1) is 13.8 Å². The number of hydrogen-bond donors (Lipinski definition) is 3. The molecule has 0 radical (unpaired) electrons. The number of carbonyl (C=O) groups excluding carboxylic acids is 1. The molecular formula is C13H17N5O2. The van der Waals surface area contributed by atoms with Crippen molar-refractivity contribution in [1.82, 2.24) is 10.1 Å². The Hall–Kier alpha value is -2.57. The highest BCUT2D eigenvalue weighted by Gasteiger charge is 2.19. The number of hydrogen-bond acceptors (Lipinski definition) is 6. The molecule has 1 atom stereocenters. The minimum Gasteiger partial charge on any atom is -0.397 e. The Morgan fingerprint density at radius 1 is 1.45 bits per heavy atom. The van der Waals surface area contributed by atoms with Crippen LogP contribution < -0.4 is 16.8 Å². The van der Waals surface area contributed by atoms with Crippen molar-refractivity contribution in [3.63, 3.8) is 0 Å². The van der Waals surface area contributed by atoms with E-state index in [0.717, 1.165) is 17.0 Å². The van der Waals surface area contributed by atoms with Crippen molar-refractivity contribution in [1.29, 1.82) is 0 Å².